The minimum atomic E-state index is -0.167. The molecule has 1 aromatic carbocycles. The van der Waals surface area contributed by atoms with Gasteiger partial charge in [-0.25, -0.2) is 0 Å². The SMILES string of the molecule is CCN(CC)c1ccc(NC(=O)CNC(=O)CC23CC4CC(CC(C4)C2)C3)cc1. The Morgan fingerprint density at radius 1 is 0.931 bits per heavy atom. The lowest BCUT2D eigenvalue weighted by atomic mass is 9.49. The normalized spacial score (nSPS) is 29.5. The van der Waals surface area contributed by atoms with Gasteiger partial charge in [0.2, 0.25) is 11.8 Å². The third-order valence-corrected chi connectivity index (χ3v) is 7.43. The fraction of sp³-hybridized carbons (Fsp3) is 0.667. The number of hydrogen-bond donors (Lipinski definition) is 2. The fourth-order valence-electron chi connectivity index (χ4n) is 6.64. The van der Waals surface area contributed by atoms with Crippen LogP contribution in [0.25, 0.3) is 0 Å². The second-order valence-electron chi connectivity index (χ2n) is 9.64. The summed E-state index contributed by atoms with van der Waals surface area (Å²) in [6, 6.07) is 7.88. The molecular formula is C24H35N3O2. The molecule has 2 N–H and O–H groups in total. The van der Waals surface area contributed by atoms with Crippen molar-refractivity contribution in [2.45, 2.75) is 58.8 Å². The smallest absolute Gasteiger partial charge is 0.243 e. The first-order valence-corrected chi connectivity index (χ1v) is 11.4. The van der Waals surface area contributed by atoms with Crippen LogP contribution in [0.4, 0.5) is 11.4 Å². The Morgan fingerprint density at radius 2 is 1.48 bits per heavy atom. The van der Waals surface area contributed by atoms with E-state index >= 15 is 0 Å². The second kappa shape index (κ2) is 8.37. The largest absolute Gasteiger partial charge is 0.372 e. The monoisotopic (exact) mass is 397 g/mol. The predicted molar refractivity (Wildman–Crippen MR) is 117 cm³/mol. The van der Waals surface area contributed by atoms with Crippen LogP contribution in [0.1, 0.15) is 58.8 Å². The van der Waals surface area contributed by atoms with Gasteiger partial charge in [0, 0.05) is 30.9 Å². The molecule has 0 aromatic heterocycles. The Balaban J connectivity index is 1.24. The maximum absolute atomic E-state index is 12.6. The van der Waals surface area contributed by atoms with E-state index in [1.54, 1.807) is 0 Å². The van der Waals surface area contributed by atoms with Crippen molar-refractivity contribution in [2.75, 3.05) is 29.9 Å². The van der Waals surface area contributed by atoms with Gasteiger partial charge in [0.15, 0.2) is 0 Å². The molecule has 4 aliphatic rings. The first kappa shape index (κ1) is 20.2. The van der Waals surface area contributed by atoms with Crippen molar-refractivity contribution in [2.24, 2.45) is 23.2 Å². The summed E-state index contributed by atoms with van der Waals surface area (Å²) in [5.74, 6) is 2.41. The molecule has 4 saturated carbocycles. The first-order valence-electron chi connectivity index (χ1n) is 11.4. The molecule has 5 nitrogen and oxygen atoms in total. The summed E-state index contributed by atoms with van der Waals surface area (Å²) in [6.07, 6.45) is 8.41. The standard InChI is InChI=1S/C24H35N3O2/c1-3-27(4-2)21-7-5-20(6-8-21)26-23(29)16-25-22(28)15-24-12-17-9-18(13-24)11-19(10-17)14-24/h5-8,17-19H,3-4,9-16H2,1-2H3,(H,25,28)(H,26,29). The molecule has 0 radical (unpaired) electrons. The van der Waals surface area contributed by atoms with Crippen molar-refractivity contribution >= 4 is 23.2 Å². The van der Waals surface area contributed by atoms with E-state index in [0.29, 0.717) is 6.42 Å². The third-order valence-electron chi connectivity index (χ3n) is 7.43. The van der Waals surface area contributed by atoms with Gasteiger partial charge in [0.25, 0.3) is 0 Å². The van der Waals surface area contributed by atoms with E-state index in [1.165, 1.54) is 38.5 Å². The summed E-state index contributed by atoms with van der Waals surface area (Å²) >= 11 is 0. The van der Waals surface area contributed by atoms with E-state index in [0.717, 1.165) is 42.2 Å². The number of nitrogens with zero attached hydrogens (tertiary/aromatic N) is 1. The van der Waals surface area contributed by atoms with Crippen molar-refractivity contribution in [3.05, 3.63) is 24.3 Å². The van der Waals surface area contributed by atoms with Crippen LogP contribution < -0.4 is 15.5 Å². The summed E-state index contributed by atoms with van der Waals surface area (Å²) in [5.41, 5.74) is 2.13. The molecule has 4 aliphatic carbocycles. The Bertz CT molecular complexity index is 704. The van der Waals surface area contributed by atoms with Gasteiger partial charge in [-0.1, -0.05) is 0 Å². The van der Waals surface area contributed by atoms with Gasteiger partial charge in [-0.2, -0.15) is 0 Å². The lowest BCUT2D eigenvalue weighted by Crippen LogP contribution is -2.48. The number of rotatable bonds is 8. The molecular weight excluding hydrogens is 362 g/mol. The van der Waals surface area contributed by atoms with Gasteiger partial charge in [0.05, 0.1) is 6.54 Å². The fourth-order valence-corrected chi connectivity index (χ4v) is 6.64. The van der Waals surface area contributed by atoms with E-state index in [-0.39, 0.29) is 23.8 Å². The molecule has 0 spiro atoms. The molecule has 2 amide bonds. The number of hydrogen-bond acceptors (Lipinski definition) is 3. The molecule has 5 rings (SSSR count). The van der Waals surface area contributed by atoms with Crippen LogP contribution >= 0.6 is 0 Å². The highest BCUT2D eigenvalue weighted by Gasteiger charge is 2.51. The van der Waals surface area contributed by atoms with Gasteiger partial charge >= 0.3 is 0 Å². The van der Waals surface area contributed by atoms with Crippen LogP contribution in [0.3, 0.4) is 0 Å². The zero-order chi connectivity index (χ0) is 20.4. The highest BCUT2D eigenvalue weighted by atomic mass is 16.2. The summed E-state index contributed by atoms with van der Waals surface area (Å²) in [7, 11) is 0. The Labute approximate surface area is 174 Å². The van der Waals surface area contributed by atoms with Gasteiger partial charge in [-0.05, 0) is 99.8 Å². The van der Waals surface area contributed by atoms with Crippen molar-refractivity contribution in [3.8, 4) is 0 Å². The lowest BCUT2D eigenvalue weighted by molar-refractivity contribution is -0.131. The van der Waals surface area contributed by atoms with Gasteiger partial charge in [-0.3, -0.25) is 9.59 Å². The van der Waals surface area contributed by atoms with Gasteiger partial charge in [-0.15, -0.1) is 0 Å². The lowest BCUT2D eigenvalue weighted by Gasteiger charge is -2.56. The molecule has 5 heteroatoms. The van der Waals surface area contributed by atoms with Crippen LogP contribution in [-0.2, 0) is 9.59 Å². The van der Waals surface area contributed by atoms with Crippen LogP contribution in [0.2, 0.25) is 0 Å². The molecule has 0 atom stereocenters. The predicted octanol–water partition coefficient (Wildman–Crippen LogP) is 4.19. The number of benzene rings is 1. The zero-order valence-corrected chi connectivity index (χ0v) is 17.9. The van der Waals surface area contributed by atoms with E-state index in [2.05, 4.69) is 29.4 Å². The molecule has 1 aromatic rings. The quantitative estimate of drug-likeness (QED) is 0.691. The van der Waals surface area contributed by atoms with Crippen molar-refractivity contribution in [3.63, 3.8) is 0 Å². The topological polar surface area (TPSA) is 61.4 Å². The highest BCUT2D eigenvalue weighted by molar-refractivity contribution is 5.94. The molecule has 4 bridgehead atoms. The minimum absolute atomic E-state index is 0.0407. The number of amides is 2. The van der Waals surface area contributed by atoms with Crippen LogP contribution in [0.15, 0.2) is 24.3 Å². The van der Waals surface area contributed by atoms with E-state index in [1.807, 2.05) is 24.3 Å². The average Bonchev–Trinajstić information content (AvgIpc) is 2.67. The Morgan fingerprint density at radius 3 is 2.00 bits per heavy atom. The van der Waals surface area contributed by atoms with Crippen LogP contribution in [0.5, 0.6) is 0 Å². The maximum atomic E-state index is 12.6. The number of carbonyl (C=O) groups excluding carboxylic acids is 2. The van der Waals surface area contributed by atoms with Gasteiger partial charge < -0.3 is 15.5 Å². The van der Waals surface area contributed by atoms with E-state index < -0.39 is 0 Å². The maximum Gasteiger partial charge on any atom is 0.243 e. The van der Waals surface area contributed by atoms with E-state index in [9.17, 15) is 9.59 Å². The molecule has 29 heavy (non-hydrogen) atoms. The number of nitrogens with one attached hydrogen (secondary N) is 2. The molecule has 4 fully saturated rings. The first-order chi connectivity index (χ1) is 14.0. The molecule has 0 unspecified atom stereocenters. The average molecular weight is 398 g/mol. The van der Waals surface area contributed by atoms with Gasteiger partial charge in [0.1, 0.15) is 0 Å². The molecule has 0 aliphatic heterocycles. The Hall–Kier alpha value is -2.04. The van der Waals surface area contributed by atoms with Crippen LogP contribution in [-0.4, -0.2) is 31.4 Å². The molecule has 158 valence electrons. The van der Waals surface area contributed by atoms with Crippen molar-refractivity contribution in [1.82, 2.24) is 5.32 Å². The van der Waals surface area contributed by atoms with Crippen molar-refractivity contribution in [1.29, 1.82) is 0 Å². The zero-order valence-electron chi connectivity index (χ0n) is 17.9. The van der Waals surface area contributed by atoms with E-state index in [4.69, 9.17) is 0 Å². The number of carbonyl (C=O) groups is 2. The second-order valence-corrected chi connectivity index (χ2v) is 9.64. The van der Waals surface area contributed by atoms with Crippen molar-refractivity contribution < 1.29 is 9.59 Å². The highest BCUT2D eigenvalue weighted by Crippen LogP contribution is 2.61. The molecule has 0 saturated heterocycles. The summed E-state index contributed by atoms with van der Waals surface area (Å²) in [4.78, 5) is 27.1. The third kappa shape index (κ3) is 4.59. The summed E-state index contributed by atoms with van der Waals surface area (Å²) in [6.45, 7) is 6.22. The molecule has 0 heterocycles. The minimum Gasteiger partial charge on any atom is -0.372 e. The summed E-state index contributed by atoms with van der Waals surface area (Å²) < 4.78 is 0. The summed E-state index contributed by atoms with van der Waals surface area (Å²) in [5, 5.41) is 5.75. The van der Waals surface area contributed by atoms with Crippen LogP contribution in [0, 0.1) is 23.2 Å². The number of anilines is 2. The Kier molecular flexibility index (Phi) is 5.84.